The van der Waals surface area contributed by atoms with Crippen LogP contribution in [0.15, 0.2) is 0 Å². The number of nitrogens with one attached hydrogen (secondary N) is 2. The van der Waals surface area contributed by atoms with Gasteiger partial charge in [0.2, 0.25) is 5.91 Å². The second-order valence-electron chi connectivity index (χ2n) is 6.78. The number of aliphatic carboxylic acids is 1. The van der Waals surface area contributed by atoms with E-state index in [-0.39, 0.29) is 17.7 Å². The second-order valence-corrected chi connectivity index (χ2v) is 6.78. The molecular formula is C16H28N2O3. The van der Waals surface area contributed by atoms with Crippen molar-refractivity contribution in [2.75, 3.05) is 13.1 Å². The third-order valence-electron chi connectivity index (χ3n) is 5.35. The van der Waals surface area contributed by atoms with Gasteiger partial charge in [-0.25, -0.2) is 0 Å². The van der Waals surface area contributed by atoms with Crippen molar-refractivity contribution in [2.24, 2.45) is 5.41 Å². The lowest BCUT2D eigenvalue weighted by Gasteiger charge is -2.37. The molecule has 2 rings (SSSR count). The maximum Gasteiger partial charge on any atom is 0.303 e. The van der Waals surface area contributed by atoms with Gasteiger partial charge in [0.1, 0.15) is 0 Å². The van der Waals surface area contributed by atoms with E-state index in [9.17, 15) is 14.7 Å². The molecule has 1 saturated carbocycles. The average Bonchev–Trinajstić information content (AvgIpc) is 2.95. The first kappa shape index (κ1) is 16.3. The molecule has 0 bridgehead atoms. The van der Waals surface area contributed by atoms with Crippen LogP contribution in [0.5, 0.6) is 0 Å². The van der Waals surface area contributed by atoms with E-state index < -0.39 is 11.5 Å². The molecule has 120 valence electrons. The van der Waals surface area contributed by atoms with E-state index in [1.165, 1.54) is 6.42 Å². The Kier molecular flexibility index (Phi) is 5.25. The van der Waals surface area contributed by atoms with Crippen molar-refractivity contribution in [1.29, 1.82) is 0 Å². The fourth-order valence-corrected chi connectivity index (χ4v) is 3.94. The Hall–Kier alpha value is -1.10. The fourth-order valence-electron chi connectivity index (χ4n) is 3.94. The topological polar surface area (TPSA) is 78.4 Å². The molecule has 2 fully saturated rings. The van der Waals surface area contributed by atoms with Crippen LogP contribution in [0, 0.1) is 5.41 Å². The van der Waals surface area contributed by atoms with Gasteiger partial charge < -0.3 is 15.7 Å². The van der Waals surface area contributed by atoms with Crippen LogP contribution in [0.1, 0.15) is 64.7 Å². The van der Waals surface area contributed by atoms with Crippen LogP contribution in [-0.2, 0) is 9.59 Å². The number of hydrogen-bond donors (Lipinski definition) is 3. The summed E-state index contributed by atoms with van der Waals surface area (Å²) < 4.78 is 0. The van der Waals surface area contributed by atoms with Crippen molar-refractivity contribution in [2.45, 2.75) is 70.3 Å². The molecule has 0 spiro atoms. The second kappa shape index (κ2) is 6.77. The molecule has 5 heteroatoms. The molecule has 1 aliphatic heterocycles. The van der Waals surface area contributed by atoms with E-state index >= 15 is 0 Å². The minimum absolute atomic E-state index is 0.0536. The molecule has 0 radical (unpaired) electrons. The predicted molar refractivity (Wildman–Crippen MR) is 81.0 cm³/mol. The summed E-state index contributed by atoms with van der Waals surface area (Å²) >= 11 is 0. The van der Waals surface area contributed by atoms with Crippen LogP contribution in [0.25, 0.3) is 0 Å². The number of carbonyl (C=O) groups is 2. The molecule has 0 aromatic heterocycles. The van der Waals surface area contributed by atoms with Gasteiger partial charge in [-0.3, -0.25) is 9.59 Å². The summed E-state index contributed by atoms with van der Waals surface area (Å²) in [6.45, 7) is 3.43. The standard InChI is InChI=1S/C16H28N2O3/c1-2-16(9-6-10-18-16)14(21)17-12-15(11-13(19)20)7-4-3-5-8-15/h18H,2-12H2,1H3,(H,17,21)(H,19,20). The molecule has 3 N–H and O–H groups in total. The number of carboxylic acids is 1. The van der Waals surface area contributed by atoms with Crippen molar-refractivity contribution < 1.29 is 14.7 Å². The Labute approximate surface area is 126 Å². The first-order chi connectivity index (χ1) is 10.0. The number of rotatable bonds is 6. The monoisotopic (exact) mass is 296 g/mol. The summed E-state index contributed by atoms with van der Waals surface area (Å²) in [7, 11) is 0. The van der Waals surface area contributed by atoms with Gasteiger partial charge in [0.05, 0.1) is 12.0 Å². The Balaban J connectivity index is 1.97. The minimum atomic E-state index is -0.754. The highest BCUT2D eigenvalue weighted by atomic mass is 16.4. The summed E-state index contributed by atoms with van der Waals surface area (Å²) in [5.41, 5.74) is -0.674. The van der Waals surface area contributed by atoms with Crippen molar-refractivity contribution in [1.82, 2.24) is 10.6 Å². The van der Waals surface area contributed by atoms with Gasteiger partial charge in [-0.2, -0.15) is 0 Å². The van der Waals surface area contributed by atoms with Crippen LogP contribution in [-0.4, -0.2) is 35.6 Å². The zero-order valence-corrected chi connectivity index (χ0v) is 13.0. The van der Waals surface area contributed by atoms with Gasteiger partial charge in [-0.05, 0) is 44.1 Å². The highest BCUT2D eigenvalue weighted by Gasteiger charge is 2.41. The predicted octanol–water partition coefficient (Wildman–Crippen LogP) is 2.06. The van der Waals surface area contributed by atoms with Gasteiger partial charge in [0, 0.05) is 6.54 Å². The van der Waals surface area contributed by atoms with Crippen LogP contribution in [0.3, 0.4) is 0 Å². The maximum absolute atomic E-state index is 12.5. The fraction of sp³-hybridized carbons (Fsp3) is 0.875. The van der Waals surface area contributed by atoms with Crippen molar-refractivity contribution in [3.63, 3.8) is 0 Å². The van der Waals surface area contributed by atoms with Crippen molar-refractivity contribution >= 4 is 11.9 Å². The lowest BCUT2D eigenvalue weighted by Crippen LogP contribution is -2.55. The minimum Gasteiger partial charge on any atom is -0.481 e. The Morgan fingerprint density at radius 2 is 1.86 bits per heavy atom. The quantitative estimate of drug-likeness (QED) is 0.701. The highest BCUT2D eigenvalue weighted by Crippen LogP contribution is 2.39. The van der Waals surface area contributed by atoms with Crippen molar-refractivity contribution in [3.8, 4) is 0 Å². The van der Waals surface area contributed by atoms with E-state index in [0.29, 0.717) is 6.54 Å². The molecule has 1 saturated heterocycles. The Bertz CT molecular complexity index is 383. The molecule has 0 aromatic rings. The Morgan fingerprint density at radius 3 is 2.38 bits per heavy atom. The Morgan fingerprint density at radius 1 is 1.14 bits per heavy atom. The van der Waals surface area contributed by atoms with E-state index in [4.69, 9.17) is 0 Å². The largest absolute Gasteiger partial charge is 0.481 e. The summed E-state index contributed by atoms with van der Waals surface area (Å²) in [5, 5.41) is 15.6. The molecule has 1 amide bonds. The van der Waals surface area contributed by atoms with Crippen molar-refractivity contribution in [3.05, 3.63) is 0 Å². The molecule has 1 atom stereocenters. The summed E-state index contributed by atoms with van der Waals surface area (Å²) in [6.07, 6.45) is 7.99. The number of hydrogen-bond acceptors (Lipinski definition) is 3. The SMILES string of the molecule is CCC1(C(=O)NCC2(CC(=O)O)CCCCC2)CCCN1. The summed E-state index contributed by atoms with van der Waals surface area (Å²) in [4.78, 5) is 23.7. The number of amides is 1. The van der Waals surface area contributed by atoms with E-state index in [1.807, 2.05) is 6.92 Å². The lowest BCUT2D eigenvalue weighted by atomic mass is 9.71. The first-order valence-electron chi connectivity index (χ1n) is 8.27. The van der Waals surface area contributed by atoms with Gasteiger partial charge in [-0.1, -0.05) is 26.2 Å². The van der Waals surface area contributed by atoms with Crippen LogP contribution >= 0.6 is 0 Å². The molecule has 21 heavy (non-hydrogen) atoms. The van der Waals surface area contributed by atoms with E-state index in [0.717, 1.165) is 51.5 Å². The van der Waals surface area contributed by atoms with Gasteiger partial charge in [0.15, 0.2) is 0 Å². The molecular weight excluding hydrogens is 268 g/mol. The van der Waals surface area contributed by atoms with Gasteiger partial charge in [-0.15, -0.1) is 0 Å². The highest BCUT2D eigenvalue weighted by molar-refractivity contribution is 5.86. The lowest BCUT2D eigenvalue weighted by molar-refractivity contribution is -0.141. The summed E-state index contributed by atoms with van der Waals surface area (Å²) in [5.74, 6) is -0.701. The number of carboxylic acid groups (broad SMARTS) is 1. The third kappa shape index (κ3) is 3.76. The van der Waals surface area contributed by atoms with Crippen LogP contribution < -0.4 is 10.6 Å². The van der Waals surface area contributed by atoms with Crippen LogP contribution in [0.4, 0.5) is 0 Å². The first-order valence-corrected chi connectivity index (χ1v) is 8.27. The van der Waals surface area contributed by atoms with E-state index in [2.05, 4.69) is 10.6 Å². The van der Waals surface area contributed by atoms with Crippen LogP contribution in [0.2, 0.25) is 0 Å². The van der Waals surface area contributed by atoms with Gasteiger partial charge >= 0.3 is 5.97 Å². The number of carbonyl (C=O) groups excluding carboxylic acids is 1. The molecule has 5 nitrogen and oxygen atoms in total. The zero-order valence-electron chi connectivity index (χ0n) is 13.0. The average molecular weight is 296 g/mol. The maximum atomic E-state index is 12.5. The smallest absolute Gasteiger partial charge is 0.303 e. The summed E-state index contributed by atoms with van der Waals surface area (Å²) in [6, 6.07) is 0. The zero-order chi connectivity index (χ0) is 15.3. The molecule has 1 heterocycles. The molecule has 1 unspecified atom stereocenters. The third-order valence-corrected chi connectivity index (χ3v) is 5.35. The van der Waals surface area contributed by atoms with Gasteiger partial charge in [0.25, 0.3) is 0 Å². The molecule has 2 aliphatic rings. The normalized spacial score (nSPS) is 28.2. The molecule has 0 aromatic carbocycles. The van der Waals surface area contributed by atoms with E-state index in [1.54, 1.807) is 0 Å². The molecule has 1 aliphatic carbocycles.